The summed E-state index contributed by atoms with van der Waals surface area (Å²) >= 11 is 0. The molecule has 0 heterocycles. The molecule has 0 aromatic heterocycles. The van der Waals surface area contributed by atoms with E-state index in [-0.39, 0.29) is 0 Å². The normalized spacial score (nSPS) is 42.5. The maximum absolute atomic E-state index is 3.64. The van der Waals surface area contributed by atoms with E-state index in [1.165, 1.54) is 38.6 Å². The Hall–Kier alpha value is -0.0400. The van der Waals surface area contributed by atoms with Crippen LogP contribution in [0, 0.1) is 29.6 Å². The van der Waals surface area contributed by atoms with Crippen LogP contribution in [0.2, 0.25) is 0 Å². The van der Waals surface area contributed by atoms with E-state index in [2.05, 4.69) is 33.0 Å². The van der Waals surface area contributed by atoms with Gasteiger partial charge in [0.15, 0.2) is 0 Å². The van der Waals surface area contributed by atoms with Crippen LogP contribution in [0.25, 0.3) is 0 Å². The monoisotopic (exact) mass is 237 g/mol. The number of hydrogen-bond donors (Lipinski definition) is 1. The molecule has 0 saturated heterocycles. The molecule has 0 aliphatic heterocycles. The molecule has 2 saturated carbocycles. The van der Waals surface area contributed by atoms with E-state index in [9.17, 15) is 0 Å². The Morgan fingerprint density at radius 3 is 2.29 bits per heavy atom. The van der Waals surface area contributed by atoms with Crippen molar-refractivity contribution in [3.8, 4) is 0 Å². The van der Waals surface area contributed by atoms with Crippen molar-refractivity contribution in [1.29, 1.82) is 0 Å². The maximum atomic E-state index is 3.64. The van der Waals surface area contributed by atoms with E-state index in [0.29, 0.717) is 6.04 Å². The summed E-state index contributed by atoms with van der Waals surface area (Å²) in [6, 6.07) is 0.654. The molecule has 2 fully saturated rings. The molecule has 0 aromatic carbocycles. The minimum Gasteiger partial charge on any atom is -0.314 e. The average Bonchev–Trinajstić information content (AvgIpc) is 2.21. The first-order valence-electron chi connectivity index (χ1n) is 7.81. The van der Waals surface area contributed by atoms with Gasteiger partial charge in [-0.2, -0.15) is 0 Å². The maximum Gasteiger partial charge on any atom is 0.00104 e. The summed E-state index contributed by atoms with van der Waals surface area (Å²) < 4.78 is 0. The van der Waals surface area contributed by atoms with Crippen LogP contribution in [0.3, 0.4) is 0 Å². The van der Waals surface area contributed by atoms with Crippen LogP contribution in [-0.4, -0.2) is 12.6 Å². The highest BCUT2D eigenvalue weighted by Gasteiger charge is 2.39. The van der Waals surface area contributed by atoms with Gasteiger partial charge in [-0.25, -0.2) is 0 Å². The van der Waals surface area contributed by atoms with Gasteiger partial charge >= 0.3 is 0 Å². The Balaban J connectivity index is 1.78. The van der Waals surface area contributed by atoms with Crippen molar-refractivity contribution in [3.63, 3.8) is 0 Å². The van der Waals surface area contributed by atoms with Gasteiger partial charge in [0.05, 0.1) is 0 Å². The molecule has 100 valence electrons. The second kappa shape index (κ2) is 5.73. The van der Waals surface area contributed by atoms with Gasteiger partial charge in [0.2, 0.25) is 0 Å². The lowest BCUT2D eigenvalue weighted by molar-refractivity contribution is 0.0497. The highest BCUT2D eigenvalue weighted by molar-refractivity contribution is 4.90. The molecule has 1 N–H and O–H groups in total. The molecule has 1 nitrogen and oxygen atoms in total. The van der Waals surface area contributed by atoms with Gasteiger partial charge in [-0.05, 0) is 61.8 Å². The van der Waals surface area contributed by atoms with Crippen molar-refractivity contribution in [2.75, 3.05) is 6.54 Å². The first kappa shape index (κ1) is 13.4. The molecule has 2 rings (SSSR count). The standard InChI is InChI=1S/C16H31N/c1-11(2)17-10-15-7-8-16(15)14-6-5-12(3)13(4)9-14/h11-17H,5-10H2,1-4H3. The SMILES string of the molecule is CC(C)NCC1CCC1C1CCC(C)C(C)C1. The largest absolute Gasteiger partial charge is 0.314 e. The molecule has 2 aliphatic carbocycles. The second-order valence-corrected chi connectivity index (χ2v) is 7.09. The zero-order chi connectivity index (χ0) is 12.4. The second-order valence-electron chi connectivity index (χ2n) is 7.09. The highest BCUT2D eigenvalue weighted by atomic mass is 14.9. The lowest BCUT2D eigenvalue weighted by atomic mass is 9.60. The summed E-state index contributed by atoms with van der Waals surface area (Å²) in [4.78, 5) is 0. The Labute approximate surface area is 108 Å². The van der Waals surface area contributed by atoms with Crippen molar-refractivity contribution in [1.82, 2.24) is 5.32 Å². The van der Waals surface area contributed by atoms with Crippen molar-refractivity contribution in [2.45, 2.75) is 65.8 Å². The third-order valence-corrected chi connectivity index (χ3v) is 5.51. The first-order chi connectivity index (χ1) is 8.08. The Kier molecular flexibility index (Phi) is 4.52. The summed E-state index contributed by atoms with van der Waals surface area (Å²) in [7, 11) is 0. The predicted octanol–water partition coefficient (Wildman–Crippen LogP) is 4.08. The molecule has 0 aromatic rings. The van der Waals surface area contributed by atoms with E-state index >= 15 is 0 Å². The average molecular weight is 237 g/mol. The van der Waals surface area contributed by atoms with Gasteiger partial charge in [0.1, 0.15) is 0 Å². The molecule has 0 spiro atoms. The smallest absolute Gasteiger partial charge is 0.00104 e. The fraction of sp³-hybridized carbons (Fsp3) is 1.00. The van der Waals surface area contributed by atoms with E-state index < -0.39 is 0 Å². The Bertz CT molecular complexity index is 236. The van der Waals surface area contributed by atoms with Crippen molar-refractivity contribution in [3.05, 3.63) is 0 Å². The fourth-order valence-electron chi connectivity index (χ4n) is 3.83. The molecule has 0 bridgehead atoms. The lowest BCUT2D eigenvalue weighted by Crippen LogP contribution is -2.42. The van der Waals surface area contributed by atoms with Gasteiger partial charge < -0.3 is 5.32 Å². The van der Waals surface area contributed by atoms with Gasteiger partial charge in [-0.1, -0.05) is 34.1 Å². The van der Waals surface area contributed by atoms with E-state index in [0.717, 1.165) is 29.6 Å². The Morgan fingerprint density at radius 2 is 1.76 bits per heavy atom. The number of rotatable bonds is 4. The van der Waals surface area contributed by atoms with Gasteiger partial charge in [0, 0.05) is 6.04 Å². The summed E-state index contributed by atoms with van der Waals surface area (Å²) in [5.74, 6) is 5.03. The summed E-state index contributed by atoms with van der Waals surface area (Å²) in [5.41, 5.74) is 0. The number of nitrogens with one attached hydrogen (secondary N) is 1. The molecular weight excluding hydrogens is 206 g/mol. The summed E-state index contributed by atoms with van der Waals surface area (Å²) in [6.07, 6.45) is 7.48. The zero-order valence-electron chi connectivity index (χ0n) is 12.2. The minimum absolute atomic E-state index is 0.654. The topological polar surface area (TPSA) is 12.0 Å². The molecule has 17 heavy (non-hydrogen) atoms. The third kappa shape index (κ3) is 3.24. The van der Waals surface area contributed by atoms with Crippen molar-refractivity contribution in [2.24, 2.45) is 29.6 Å². The molecule has 5 unspecified atom stereocenters. The van der Waals surface area contributed by atoms with E-state index in [1.54, 1.807) is 0 Å². The molecule has 0 amide bonds. The lowest BCUT2D eigenvalue weighted by Gasteiger charge is -2.46. The third-order valence-electron chi connectivity index (χ3n) is 5.51. The molecule has 1 heteroatoms. The quantitative estimate of drug-likeness (QED) is 0.777. The van der Waals surface area contributed by atoms with Crippen LogP contribution in [0.15, 0.2) is 0 Å². The number of hydrogen-bond acceptors (Lipinski definition) is 1. The van der Waals surface area contributed by atoms with E-state index in [4.69, 9.17) is 0 Å². The first-order valence-corrected chi connectivity index (χ1v) is 7.81. The summed E-state index contributed by atoms with van der Waals surface area (Å²) in [5, 5.41) is 3.64. The van der Waals surface area contributed by atoms with Crippen LogP contribution in [0.1, 0.15) is 59.8 Å². The highest BCUT2D eigenvalue weighted by Crippen LogP contribution is 2.47. The van der Waals surface area contributed by atoms with Crippen LogP contribution in [0.4, 0.5) is 0 Å². The van der Waals surface area contributed by atoms with Crippen LogP contribution >= 0.6 is 0 Å². The van der Waals surface area contributed by atoms with Crippen LogP contribution < -0.4 is 5.32 Å². The minimum atomic E-state index is 0.654. The van der Waals surface area contributed by atoms with Crippen LogP contribution in [-0.2, 0) is 0 Å². The van der Waals surface area contributed by atoms with Crippen molar-refractivity contribution >= 4 is 0 Å². The van der Waals surface area contributed by atoms with Crippen molar-refractivity contribution < 1.29 is 0 Å². The molecule has 2 aliphatic rings. The predicted molar refractivity (Wildman–Crippen MR) is 75.0 cm³/mol. The van der Waals surface area contributed by atoms with Crippen LogP contribution in [0.5, 0.6) is 0 Å². The summed E-state index contributed by atoms with van der Waals surface area (Å²) in [6.45, 7) is 10.7. The van der Waals surface area contributed by atoms with Gasteiger partial charge in [-0.15, -0.1) is 0 Å². The van der Waals surface area contributed by atoms with E-state index in [1.807, 2.05) is 0 Å². The molecule has 5 atom stereocenters. The van der Waals surface area contributed by atoms with Gasteiger partial charge in [0.25, 0.3) is 0 Å². The zero-order valence-corrected chi connectivity index (χ0v) is 12.2. The van der Waals surface area contributed by atoms with Gasteiger partial charge in [-0.3, -0.25) is 0 Å². The Morgan fingerprint density at radius 1 is 1.00 bits per heavy atom. The fourth-order valence-corrected chi connectivity index (χ4v) is 3.83. The molecular formula is C16H31N. The molecule has 0 radical (unpaired) electrons.